The predicted octanol–water partition coefficient (Wildman–Crippen LogP) is 2.79. The van der Waals surface area contributed by atoms with Crippen molar-refractivity contribution < 1.29 is 9.34 Å². The molecule has 18 heavy (non-hydrogen) atoms. The number of nitro groups is 1. The number of furan rings is 1. The molecule has 0 bridgehead atoms. The normalized spacial score (nSPS) is 10.5. The van der Waals surface area contributed by atoms with Crippen molar-refractivity contribution in [2.24, 2.45) is 0 Å². The first-order valence-electron chi connectivity index (χ1n) is 5.64. The summed E-state index contributed by atoms with van der Waals surface area (Å²) in [6.45, 7) is 3.16. The van der Waals surface area contributed by atoms with Crippen molar-refractivity contribution in [2.45, 2.75) is 20.0 Å². The summed E-state index contributed by atoms with van der Waals surface area (Å²) in [5.41, 5.74) is 2.10. The minimum Gasteiger partial charge on any atom is -0.468 e. The summed E-state index contributed by atoms with van der Waals surface area (Å²) >= 11 is 0. The second kappa shape index (κ2) is 5.46. The summed E-state index contributed by atoms with van der Waals surface area (Å²) in [7, 11) is 0. The van der Waals surface area contributed by atoms with Gasteiger partial charge in [-0.05, 0) is 24.1 Å². The van der Waals surface area contributed by atoms with Crippen molar-refractivity contribution in [3.05, 3.63) is 63.6 Å². The van der Waals surface area contributed by atoms with Crippen LogP contribution in [-0.4, -0.2) is 4.92 Å². The monoisotopic (exact) mass is 246 g/mol. The molecule has 0 unspecified atom stereocenters. The Morgan fingerprint density at radius 3 is 2.83 bits per heavy atom. The van der Waals surface area contributed by atoms with Crippen LogP contribution in [0.15, 0.2) is 41.0 Å². The van der Waals surface area contributed by atoms with Gasteiger partial charge in [-0.3, -0.25) is 10.1 Å². The highest BCUT2D eigenvalue weighted by atomic mass is 16.6. The lowest BCUT2D eigenvalue weighted by molar-refractivity contribution is -0.384. The van der Waals surface area contributed by atoms with Crippen LogP contribution in [0.3, 0.4) is 0 Å². The minimum absolute atomic E-state index is 0.114. The van der Waals surface area contributed by atoms with Crippen LogP contribution in [-0.2, 0) is 13.1 Å². The standard InChI is InChI=1S/C13H14N2O3/c1-10-5-6-18-13(10)9-14-8-11-3-2-4-12(7-11)15(16)17/h2-7,14H,8-9H2,1H3. The molecule has 0 radical (unpaired) electrons. The zero-order chi connectivity index (χ0) is 13.0. The molecule has 0 saturated heterocycles. The van der Waals surface area contributed by atoms with E-state index in [4.69, 9.17) is 4.42 Å². The molecule has 0 atom stereocenters. The largest absolute Gasteiger partial charge is 0.468 e. The van der Waals surface area contributed by atoms with E-state index in [0.29, 0.717) is 13.1 Å². The average molecular weight is 246 g/mol. The molecule has 0 aliphatic rings. The number of non-ortho nitro benzene ring substituents is 1. The van der Waals surface area contributed by atoms with Crippen LogP contribution < -0.4 is 5.32 Å². The molecular weight excluding hydrogens is 232 g/mol. The average Bonchev–Trinajstić information content (AvgIpc) is 2.76. The van der Waals surface area contributed by atoms with Crippen molar-refractivity contribution in [1.82, 2.24) is 5.32 Å². The molecule has 0 aliphatic heterocycles. The quantitative estimate of drug-likeness (QED) is 0.650. The first-order chi connectivity index (χ1) is 8.66. The summed E-state index contributed by atoms with van der Waals surface area (Å²) in [6, 6.07) is 8.51. The van der Waals surface area contributed by atoms with Gasteiger partial charge in [0.15, 0.2) is 0 Å². The molecule has 0 saturated carbocycles. The Balaban J connectivity index is 1.92. The van der Waals surface area contributed by atoms with Gasteiger partial charge in [0.05, 0.1) is 17.7 Å². The van der Waals surface area contributed by atoms with E-state index in [2.05, 4.69) is 5.32 Å². The van der Waals surface area contributed by atoms with E-state index in [0.717, 1.165) is 16.9 Å². The highest BCUT2D eigenvalue weighted by molar-refractivity contribution is 5.34. The van der Waals surface area contributed by atoms with Crippen molar-refractivity contribution >= 4 is 5.69 Å². The highest BCUT2D eigenvalue weighted by Crippen LogP contribution is 2.13. The molecule has 0 aliphatic carbocycles. The Hall–Kier alpha value is -2.14. The summed E-state index contributed by atoms with van der Waals surface area (Å²) in [6.07, 6.45) is 1.65. The van der Waals surface area contributed by atoms with Crippen molar-refractivity contribution in [1.29, 1.82) is 0 Å². The number of nitrogens with zero attached hydrogens (tertiary/aromatic N) is 1. The van der Waals surface area contributed by atoms with Gasteiger partial charge in [0, 0.05) is 18.7 Å². The molecule has 1 aromatic heterocycles. The fraction of sp³-hybridized carbons (Fsp3) is 0.231. The van der Waals surface area contributed by atoms with Crippen LogP contribution in [0.2, 0.25) is 0 Å². The molecule has 1 N–H and O–H groups in total. The van der Waals surface area contributed by atoms with E-state index in [9.17, 15) is 10.1 Å². The maximum atomic E-state index is 10.6. The van der Waals surface area contributed by atoms with Crippen molar-refractivity contribution in [3.8, 4) is 0 Å². The van der Waals surface area contributed by atoms with Gasteiger partial charge in [0.1, 0.15) is 5.76 Å². The highest BCUT2D eigenvalue weighted by Gasteiger charge is 2.06. The summed E-state index contributed by atoms with van der Waals surface area (Å²) in [5.74, 6) is 0.889. The zero-order valence-corrected chi connectivity index (χ0v) is 10.1. The molecule has 5 nitrogen and oxygen atoms in total. The Bertz CT molecular complexity index is 549. The van der Waals surface area contributed by atoms with Crippen LogP contribution in [0, 0.1) is 17.0 Å². The van der Waals surface area contributed by atoms with E-state index in [1.54, 1.807) is 18.4 Å². The minimum atomic E-state index is -0.389. The SMILES string of the molecule is Cc1ccoc1CNCc1cccc([N+](=O)[O-])c1. The second-order valence-electron chi connectivity index (χ2n) is 4.06. The summed E-state index contributed by atoms with van der Waals surface area (Å²) < 4.78 is 5.29. The van der Waals surface area contributed by atoms with Gasteiger partial charge in [-0.15, -0.1) is 0 Å². The molecule has 2 rings (SSSR count). The Kier molecular flexibility index (Phi) is 3.74. The van der Waals surface area contributed by atoms with E-state index >= 15 is 0 Å². The molecule has 1 heterocycles. The smallest absolute Gasteiger partial charge is 0.269 e. The van der Waals surface area contributed by atoms with Gasteiger partial charge in [-0.2, -0.15) is 0 Å². The third-order valence-corrected chi connectivity index (χ3v) is 2.70. The third kappa shape index (κ3) is 2.95. The molecular formula is C13H14N2O3. The topological polar surface area (TPSA) is 68.3 Å². The summed E-state index contributed by atoms with van der Waals surface area (Å²) in [4.78, 5) is 10.2. The lowest BCUT2D eigenvalue weighted by atomic mass is 10.2. The first-order valence-corrected chi connectivity index (χ1v) is 5.64. The predicted molar refractivity (Wildman–Crippen MR) is 67.1 cm³/mol. The molecule has 2 aromatic rings. The van der Waals surface area contributed by atoms with Crippen molar-refractivity contribution in [2.75, 3.05) is 0 Å². The zero-order valence-electron chi connectivity index (χ0n) is 10.1. The molecule has 94 valence electrons. The number of aryl methyl sites for hydroxylation is 1. The maximum Gasteiger partial charge on any atom is 0.269 e. The fourth-order valence-electron chi connectivity index (χ4n) is 1.69. The van der Waals surface area contributed by atoms with Gasteiger partial charge in [-0.1, -0.05) is 12.1 Å². The number of hydrogen-bond donors (Lipinski definition) is 1. The molecule has 5 heteroatoms. The number of rotatable bonds is 5. The van der Waals surface area contributed by atoms with E-state index in [1.807, 2.05) is 19.1 Å². The Morgan fingerprint density at radius 1 is 1.33 bits per heavy atom. The fourth-order valence-corrected chi connectivity index (χ4v) is 1.69. The van der Waals surface area contributed by atoms with Gasteiger partial charge >= 0.3 is 0 Å². The second-order valence-corrected chi connectivity index (χ2v) is 4.06. The number of nitro benzene ring substituents is 1. The van der Waals surface area contributed by atoms with Crippen molar-refractivity contribution in [3.63, 3.8) is 0 Å². The number of hydrogen-bond acceptors (Lipinski definition) is 4. The van der Waals surface area contributed by atoms with E-state index < -0.39 is 0 Å². The van der Waals surface area contributed by atoms with Crippen LogP contribution in [0.5, 0.6) is 0 Å². The molecule has 1 aromatic carbocycles. The summed E-state index contributed by atoms with van der Waals surface area (Å²) in [5, 5.41) is 13.8. The van der Waals surface area contributed by atoms with Crippen LogP contribution in [0.25, 0.3) is 0 Å². The molecule has 0 amide bonds. The molecule has 0 spiro atoms. The Morgan fingerprint density at radius 2 is 2.17 bits per heavy atom. The van der Waals surface area contributed by atoms with Gasteiger partial charge in [0.25, 0.3) is 5.69 Å². The number of benzene rings is 1. The first kappa shape index (κ1) is 12.3. The van der Waals surface area contributed by atoms with Crippen LogP contribution in [0.1, 0.15) is 16.9 Å². The van der Waals surface area contributed by atoms with Gasteiger partial charge in [-0.25, -0.2) is 0 Å². The lowest BCUT2D eigenvalue weighted by Crippen LogP contribution is -2.12. The van der Waals surface area contributed by atoms with E-state index in [1.165, 1.54) is 6.07 Å². The van der Waals surface area contributed by atoms with Gasteiger partial charge in [0.2, 0.25) is 0 Å². The van der Waals surface area contributed by atoms with Crippen LogP contribution in [0.4, 0.5) is 5.69 Å². The van der Waals surface area contributed by atoms with E-state index in [-0.39, 0.29) is 10.6 Å². The third-order valence-electron chi connectivity index (χ3n) is 2.70. The Labute approximate surface area is 105 Å². The number of nitrogens with one attached hydrogen (secondary N) is 1. The maximum absolute atomic E-state index is 10.6. The molecule has 0 fully saturated rings. The lowest BCUT2D eigenvalue weighted by Gasteiger charge is -2.03. The van der Waals surface area contributed by atoms with Gasteiger partial charge < -0.3 is 9.73 Å². The van der Waals surface area contributed by atoms with Crippen LogP contribution >= 0.6 is 0 Å².